The molecule has 5 nitrogen and oxygen atoms in total. The highest BCUT2D eigenvalue weighted by atomic mass is 35.5. The number of nitrogens with zero attached hydrogens (tertiary/aromatic N) is 3. The molecule has 3 rings (SSSR count). The van der Waals surface area contributed by atoms with Gasteiger partial charge in [0.1, 0.15) is 6.61 Å². The standard InChI is InChI=1S/C14H12ClN3O2/c15-13-6-11-7-18(8-12(11)16-17-13)14(19)20-9-10-4-2-1-3-5-10/h1-6H,7-9H2. The van der Waals surface area contributed by atoms with E-state index in [0.717, 1.165) is 16.8 Å². The lowest BCUT2D eigenvalue weighted by Crippen LogP contribution is -2.26. The first kappa shape index (κ1) is 12.9. The van der Waals surface area contributed by atoms with Crippen LogP contribution in [0.1, 0.15) is 16.8 Å². The minimum Gasteiger partial charge on any atom is -0.445 e. The molecule has 1 aromatic heterocycles. The molecule has 0 unspecified atom stereocenters. The third-order valence-electron chi connectivity index (χ3n) is 3.10. The number of carbonyl (C=O) groups excluding carboxylic acids is 1. The van der Waals surface area contributed by atoms with Crippen molar-refractivity contribution >= 4 is 17.7 Å². The first-order valence-corrected chi connectivity index (χ1v) is 6.57. The molecule has 0 saturated carbocycles. The number of carbonyl (C=O) groups is 1. The number of hydrogen-bond donors (Lipinski definition) is 0. The van der Waals surface area contributed by atoms with Gasteiger partial charge in [0.15, 0.2) is 5.15 Å². The van der Waals surface area contributed by atoms with Gasteiger partial charge in [-0.25, -0.2) is 4.79 Å². The highest BCUT2D eigenvalue weighted by Crippen LogP contribution is 2.22. The molecule has 1 aliphatic heterocycles. The van der Waals surface area contributed by atoms with Crippen LogP contribution in [0, 0.1) is 0 Å². The van der Waals surface area contributed by atoms with Gasteiger partial charge in [0, 0.05) is 0 Å². The van der Waals surface area contributed by atoms with Gasteiger partial charge in [-0.2, -0.15) is 5.10 Å². The van der Waals surface area contributed by atoms with Crippen molar-refractivity contribution in [2.24, 2.45) is 0 Å². The van der Waals surface area contributed by atoms with Crippen molar-refractivity contribution in [1.82, 2.24) is 15.1 Å². The van der Waals surface area contributed by atoms with Crippen molar-refractivity contribution < 1.29 is 9.53 Å². The summed E-state index contributed by atoms with van der Waals surface area (Å²) >= 11 is 5.78. The number of hydrogen-bond acceptors (Lipinski definition) is 4. The Hall–Kier alpha value is -2.14. The molecule has 0 radical (unpaired) electrons. The average molecular weight is 290 g/mol. The first-order valence-electron chi connectivity index (χ1n) is 6.19. The Kier molecular flexibility index (Phi) is 3.52. The minimum atomic E-state index is -0.358. The van der Waals surface area contributed by atoms with E-state index in [1.165, 1.54) is 0 Å². The SMILES string of the molecule is O=C(OCc1ccccc1)N1Cc2cc(Cl)nnc2C1. The van der Waals surface area contributed by atoms with E-state index in [2.05, 4.69) is 10.2 Å². The number of aromatic nitrogens is 2. The zero-order chi connectivity index (χ0) is 13.9. The van der Waals surface area contributed by atoms with Crippen molar-refractivity contribution in [3.63, 3.8) is 0 Å². The molecular formula is C14H12ClN3O2. The molecule has 1 aliphatic rings. The first-order chi connectivity index (χ1) is 9.72. The molecule has 0 spiro atoms. The van der Waals surface area contributed by atoms with Gasteiger partial charge in [0.05, 0.1) is 18.8 Å². The molecular weight excluding hydrogens is 278 g/mol. The summed E-state index contributed by atoms with van der Waals surface area (Å²) in [5.74, 6) is 0. The minimum absolute atomic E-state index is 0.263. The summed E-state index contributed by atoms with van der Waals surface area (Å²) in [5, 5.41) is 8.09. The fourth-order valence-corrected chi connectivity index (χ4v) is 2.25. The van der Waals surface area contributed by atoms with Crippen LogP contribution >= 0.6 is 11.6 Å². The smallest absolute Gasteiger partial charge is 0.410 e. The summed E-state index contributed by atoms with van der Waals surface area (Å²) in [6, 6.07) is 11.3. The largest absolute Gasteiger partial charge is 0.445 e. The molecule has 2 heterocycles. The van der Waals surface area contributed by atoms with E-state index in [1.807, 2.05) is 30.3 Å². The second-order valence-corrected chi connectivity index (χ2v) is 4.92. The summed E-state index contributed by atoms with van der Waals surface area (Å²) in [6.45, 7) is 1.13. The van der Waals surface area contributed by atoms with Crippen LogP contribution in [0.4, 0.5) is 4.79 Å². The quantitative estimate of drug-likeness (QED) is 0.853. The van der Waals surface area contributed by atoms with Crippen molar-refractivity contribution in [3.05, 3.63) is 58.4 Å². The third kappa shape index (κ3) is 2.72. The van der Waals surface area contributed by atoms with Gasteiger partial charge in [-0.3, -0.25) is 4.90 Å². The van der Waals surface area contributed by atoms with E-state index >= 15 is 0 Å². The van der Waals surface area contributed by atoms with Crippen LogP contribution in [0.15, 0.2) is 36.4 Å². The number of benzene rings is 1. The van der Waals surface area contributed by atoms with Crippen molar-refractivity contribution in [2.75, 3.05) is 0 Å². The maximum atomic E-state index is 12.0. The van der Waals surface area contributed by atoms with E-state index in [4.69, 9.17) is 16.3 Å². The van der Waals surface area contributed by atoms with Crippen molar-refractivity contribution in [1.29, 1.82) is 0 Å². The number of rotatable bonds is 2. The van der Waals surface area contributed by atoms with Crippen LogP contribution < -0.4 is 0 Å². The summed E-state index contributed by atoms with van der Waals surface area (Å²) in [7, 11) is 0. The van der Waals surface area contributed by atoms with Gasteiger partial charge in [0.2, 0.25) is 0 Å². The number of fused-ring (bicyclic) bond motifs is 1. The molecule has 0 atom stereocenters. The molecule has 0 fully saturated rings. The highest BCUT2D eigenvalue weighted by Gasteiger charge is 2.26. The number of amides is 1. The zero-order valence-electron chi connectivity index (χ0n) is 10.6. The Balaban J connectivity index is 1.60. The molecule has 1 aromatic carbocycles. The van der Waals surface area contributed by atoms with Crippen LogP contribution in [0.25, 0.3) is 0 Å². The zero-order valence-corrected chi connectivity index (χ0v) is 11.4. The monoisotopic (exact) mass is 289 g/mol. The second kappa shape index (κ2) is 5.46. The third-order valence-corrected chi connectivity index (χ3v) is 3.28. The van der Waals surface area contributed by atoms with E-state index in [0.29, 0.717) is 18.2 Å². The Morgan fingerprint density at radius 2 is 2.05 bits per heavy atom. The number of halogens is 1. The predicted octanol–water partition coefficient (Wildman–Crippen LogP) is 2.78. The lowest BCUT2D eigenvalue weighted by molar-refractivity contribution is 0.0953. The summed E-state index contributed by atoms with van der Waals surface area (Å²) in [6.07, 6.45) is -0.358. The maximum Gasteiger partial charge on any atom is 0.410 e. The Morgan fingerprint density at radius 3 is 2.85 bits per heavy atom. The molecule has 0 aliphatic carbocycles. The summed E-state index contributed by atoms with van der Waals surface area (Å²) in [5.41, 5.74) is 2.65. The number of ether oxygens (including phenoxy) is 1. The maximum absolute atomic E-state index is 12.0. The molecule has 20 heavy (non-hydrogen) atoms. The topological polar surface area (TPSA) is 55.3 Å². The lowest BCUT2D eigenvalue weighted by Gasteiger charge is -2.14. The molecule has 102 valence electrons. The summed E-state index contributed by atoms with van der Waals surface area (Å²) in [4.78, 5) is 13.6. The van der Waals surface area contributed by atoms with Gasteiger partial charge >= 0.3 is 6.09 Å². The van der Waals surface area contributed by atoms with Gasteiger partial charge in [-0.15, -0.1) is 5.10 Å². The fraction of sp³-hybridized carbons (Fsp3) is 0.214. The van der Waals surface area contributed by atoms with Crippen LogP contribution in [-0.4, -0.2) is 21.2 Å². The Morgan fingerprint density at radius 1 is 1.25 bits per heavy atom. The van der Waals surface area contributed by atoms with Gasteiger partial charge in [-0.05, 0) is 17.2 Å². The molecule has 0 saturated heterocycles. The van der Waals surface area contributed by atoms with Crippen molar-refractivity contribution in [2.45, 2.75) is 19.7 Å². The van der Waals surface area contributed by atoms with E-state index in [-0.39, 0.29) is 12.7 Å². The van der Waals surface area contributed by atoms with Gasteiger partial charge < -0.3 is 4.74 Å². The van der Waals surface area contributed by atoms with Crippen molar-refractivity contribution in [3.8, 4) is 0 Å². The van der Waals surface area contributed by atoms with Gasteiger partial charge in [0.25, 0.3) is 0 Å². The van der Waals surface area contributed by atoms with Crippen LogP contribution in [0.5, 0.6) is 0 Å². The van der Waals surface area contributed by atoms with E-state index in [1.54, 1.807) is 11.0 Å². The average Bonchev–Trinajstić information content (AvgIpc) is 2.89. The normalized spacial score (nSPS) is 13.2. The Bertz CT molecular complexity index is 634. The second-order valence-electron chi connectivity index (χ2n) is 4.54. The highest BCUT2D eigenvalue weighted by molar-refractivity contribution is 6.29. The molecule has 0 bridgehead atoms. The molecule has 6 heteroatoms. The molecule has 2 aromatic rings. The van der Waals surface area contributed by atoms with E-state index in [9.17, 15) is 4.79 Å². The summed E-state index contributed by atoms with van der Waals surface area (Å²) < 4.78 is 5.28. The van der Waals surface area contributed by atoms with Crippen LogP contribution in [-0.2, 0) is 24.4 Å². The lowest BCUT2D eigenvalue weighted by atomic mass is 10.2. The van der Waals surface area contributed by atoms with Gasteiger partial charge in [-0.1, -0.05) is 41.9 Å². The van der Waals surface area contributed by atoms with E-state index < -0.39 is 0 Å². The molecule has 1 amide bonds. The molecule has 0 N–H and O–H groups in total. The van der Waals surface area contributed by atoms with Crippen LogP contribution in [0.3, 0.4) is 0 Å². The van der Waals surface area contributed by atoms with Crippen LogP contribution in [0.2, 0.25) is 5.15 Å². The predicted molar refractivity (Wildman–Crippen MR) is 72.9 cm³/mol. The fourth-order valence-electron chi connectivity index (χ4n) is 2.08. The Labute approximate surface area is 121 Å².